The van der Waals surface area contributed by atoms with Crippen LogP contribution < -0.4 is 0 Å². The van der Waals surface area contributed by atoms with E-state index in [1.165, 1.54) is 6.92 Å². The molecule has 0 aromatic rings. The molecule has 0 aliphatic heterocycles. The Morgan fingerprint density at radius 2 is 0.818 bits per heavy atom. The van der Waals surface area contributed by atoms with E-state index in [-0.39, 0.29) is 0 Å². The standard InChI is InChI=1S/C10H22O8S4/c1-5-19(11,12)9-10(20(13,14)6-2,21(15,16)7-3)22(17,18)8-4/h5-9H2,1-4H3. The first kappa shape index (κ1) is 21.8. The van der Waals surface area contributed by atoms with E-state index in [0.29, 0.717) is 0 Å². The van der Waals surface area contributed by atoms with Crippen LogP contribution in [0.1, 0.15) is 27.7 Å². The maximum atomic E-state index is 12.4. The number of hydrogen-bond donors (Lipinski definition) is 0. The Morgan fingerprint density at radius 1 is 0.545 bits per heavy atom. The van der Waals surface area contributed by atoms with Crippen LogP contribution in [0.5, 0.6) is 0 Å². The van der Waals surface area contributed by atoms with Crippen molar-refractivity contribution in [3.8, 4) is 0 Å². The van der Waals surface area contributed by atoms with Crippen LogP contribution >= 0.6 is 0 Å². The Labute approximate surface area is 133 Å². The number of hydrogen-bond acceptors (Lipinski definition) is 8. The summed E-state index contributed by atoms with van der Waals surface area (Å²) >= 11 is 0. The van der Waals surface area contributed by atoms with Crippen molar-refractivity contribution in [1.29, 1.82) is 0 Å². The molecule has 0 aliphatic carbocycles. The van der Waals surface area contributed by atoms with Gasteiger partial charge in [0.25, 0.3) is 3.41 Å². The fourth-order valence-corrected chi connectivity index (χ4v) is 14.5. The van der Waals surface area contributed by atoms with Crippen LogP contribution in [0.2, 0.25) is 0 Å². The van der Waals surface area contributed by atoms with E-state index in [4.69, 9.17) is 0 Å². The van der Waals surface area contributed by atoms with Crippen molar-refractivity contribution in [2.45, 2.75) is 31.1 Å². The Bertz CT molecular complexity index is 717. The highest BCUT2D eigenvalue weighted by Crippen LogP contribution is 2.35. The van der Waals surface area contributed by atoms with Gasteiger partial charge in [0, 0.05) is 5.75 Å². The average molecular weight is 399 g/mol. The van der Waals surface area contributed by atoms with Crippen LogP contribution in [0.15, 0.2) is 0 Å². The molecule has 134 valence electrons. The lowest BCUT2D eigenvalue weighted by Crippen LogP contribution is -2.59. The molecule has 8 nitrogen and oxygen atoms in total. The van der Waals surface area contributed by atoms with Gasteiger partial charge in [-0.2, -0.15) is 0 Å². The second kappa shape index (κ2) is 6.73. The monoisotopic (exact) mass is 398 g/mol. The molecule has 0 aromatic heterocycles. The lowest BCUT2D eigenvalue weighted by atomic mass is 10.9. The van der Waals surface area contributed by atoms with Gasteiger partial charge in [-0.1, -0.05) is 27.7 Å². The second-order valence-electron chi connectivity index (χ2n) is 4.57. The number of sulfone groups is 4. The zero-order valence-electron chi connectivity index (χ0n) is 12.9. The van der Waals surface area contributed by atoms with Gasteiger partial charge in [-0.05, 0) is 0 Å². The minimum Gasteiger partial charge on any atom is -0.229 e. The smallest absolute Gasteiger partial charge is 0.229 e. The summed E-state index contributed by atoms with van der Waals surface area (Å²) in [5.41, 5.74) is 0. The molecule has 0 rings (SSSR count). The van der Waals surface area contributed by atoms with Gasteiger partial charge in [0.05, 0.1) is 23.0 Å². The molecule has 0 unspecified atom stereocenters. The van der Waals surface area contributed by atoms with E-state index >= 15 is 0 Å². The van der Waals surface area contributed by atoms with Crippen molar-refractivity contribution in [3.63, 3.8) is 0 Å². The first-order valence-electron chi connectivity index (χ1n) is 6.57. The molecule has 0 heterocycles. The summed E-state index contributed by atoms with van der Waals surface area (Å²) in [5, 5.41) is 0. The molecule has 0 saturated heterocycles. The van der Waals surface area contributed by atoms with E-state index in [9.17, 15) is 33.7 Å². The Kier molecular flexibility index (Phi) is 6.67. The molecule has 0 amide bonds. The fraction of sp³-hybridized carbons (Fsp3) is 1.00. The third-order valence-electron chi connectivity index (χ3n) is 3.40. The van der Waals surface area contributed by atoms with Crippen molar-refractivity contribution in [2.75, 3.05) is 28.8 Å². The Balaban J connectivity index is 7.19. The van der Waals surface area contributed by atoms with E-state index < -0.39 is 71.5 Å². The average Bonchev–Trinajstić information content (AvgIpc) is 2.43. The Morgan fingerprint density at radius 3 is 1.00 bits per heavy atom. The first-order chi connectivity index (χ1) is 9.70. The van der Waals surface area contributed by atoms with Crippen molar-refractivity contribution in [1.82, 2.24) is 0 Å². The molecule has 22 heavy (non-hydrogen) atoms. The lowest BCUT2D eigenvalue weighted by Gasteiger charge is -2.31. The quantitative estimate of drug-likeness (QED) is 0.501. The van der Waals surface area contributed by atoms with Crippen LogP contribution in [-0.4, -0.2) is 65.8 Å². The zero-order chi connectivity index (χ0) is 18.0. The highest BCUT2D eigenvalue weighted by atomic mass is 32.3. The zero-order valence-corrected chi connectivity index (χ0v) is 16.2. The lowest BCUT2D eigenvalue weighted by molar-refractivity contribution is 0.549. The van der Waals surface area contributed by atoms with Crippen LogP contribution in [0.25, 0.3) is 0 Å². The highest BCUT2D eigenvalue weighted by Gasteiger charge is 2.64. The normalized spacial score (nSPS) is 14.9. The van der Waals surface area contributed by atoms with E-state index in [0.717, 1.165) is 20.8 Å². The van der Waals surface area contributed by atoms with Crippen LogP contribution in [0, 0.1) is 0 Å². The molecule has 0 fully saturated rings. The van der Waals surface area contributed by atoms with E-state index in [2.05, 4.69) is 0 Å². The fourth-order valence-electron chi connectivity index (χ4n) is 1.88. The maximum absolute atomic E-state index is 12.4. The molecule has 0 N–H and O–H groups in total. The molecule has 0 bridgehead atoms. The van der Waals surface area contributed by atoms with Crippen molar-refractivity contribution >= 4 is 39.3 Å². The summed E-state index contributed by atoms with van der Waals surface area (Å²) in [4.78, 5) is 0. The van der Waals surface area contributed by atoms with Gasteiger partial charge >= 0.3 is 0 Å². The first-order valence-corrected chi connectivity index (χ1v) is 13.3. The summed E-state index contributed by atoms with van der Waals surface area (Å²) in [7, 11) is -18.5. The summed E-state index contributed by atoms with van der Waals surface area (Å²) in [5.74, 6) is -4.44. The van der Waals surface area contributed by atoms with Crippen molar-refractivity contribution in [2.24, 2.45) is 0 Å². The second-order valence-corrected chi connectivity index (χ2v) is 15.2. The van der Waals surface area contributed by atoms with Gasteiger partial charge in [-0.25, -0.2) is 33.7 Å². The largest absolute Gasteiger partial charge is 0.285 e. The van der Waals surface area contributed by atoms with E-state index in [1.54, 1.807) is 0 Å². The van der Waals surface area contributed by atoms with Gasteiger partial charge in [-0.15, -0.1) is 0 Å². The molecule has 0 radical (unpaired) electrons. The van der Waals surface area contributed by atoms with Crippen LogP contribution in [-0.2, 0) is 39.3 Å². The molecule has 0 aromatic carbocycles. The van der Waals surface area contributed by atoms with Gasteiger partial charge < -0.3 is 0 Å². The summed E-state index contributed by atoms with van der Waals surface area (Å²) in [6, 6.07) is 0. The highest BCUT2D eigenvalue weighted by molar-refractivity contribution is 8.26. The topological polar surface area (TPSA) is 137 Å². The minimum atomic E-state index is -4.76. The molecular formula is C10H22O8S4. The predicted octanol–water partition coefficient (Wildman–Crippen LogP) is -0.621. The SMILES string of the molecule is CCS(=O)(=O)CC(S(=O)(=O)CC)(S(=O)(=O)CC)S(=O)(=O)CC. The predicted molar refractivity (Wildman–Crippen MR) is 85.4 cm³/mol. The molecular weight excluding hydrogens is 376 g/mol. The summed E-state index contributed by atoms with van der Waals surface area (Å²) < 4.78 is 94.9. The summed E-state index contributed by atoms with van der Waals surface area (Å²) in [6.45, 7) is 4.44. The molecule has 12 heteroatoms. The van der Waals surface area contributed by atoms with Gasteiger partial charge in [0.2, 0.25) is 0 Å². The third-order valence-corrected chi connectivity index (χ3v) is 15.8. The van der Waals surface area contributed by atoms with Gasteiger partial charge in [0.1, 0.15) is 0 Å². The van der Waals surface area contributed by atoms with Crippen molar-refractivity contribution in [3.05, 3.63) is 0 Å². The van der Waals surface area contributed by atoms with Gasteiger partial charge in [-0.3, -0.25) is 0 Å². The third kappa shape index (κ3) is 3.49. The van der Waals surface area contributed by atoms with Crippen molar-refractivity contribution < 1.29 is 33.7 Å². The summed E-state index contributed by atoms with van der Waals surface area (Å²) in [6.07, 6.45) is 0. The maximum Gasteiger partial charge on any atom is 0.285 e. The molecule has 0 saturated carbocycles. The van der Waals surface area contributed by atoms with Gasteiger partial charge in [0.15, 0.2) is 39.3 Å². The molecule has 0 aliphatic rings. The molecule has 0 spiro atoms. The van der Waals surface area contributed by atoms with E-state index in [1.807, 2.05) is 0 Å². The van der Waals surface area contributed by atoms with Crippen LogP contribution in [0.3, 0.4) is 0 Å². The minimum absolute atomic E-state index is 0.563. The molecule has 0 atom stereocenters. The Hall–Kier alpha value is -0.200. The number of rotatable bonds is 9. The van der Waals surface area contributed by atoms with Crippen LogP contribution in [0.4, 0.5) is 0 Å².